The molecule has 1 atom stereocenters. The second-order valence-corrected chi connectivity index (χ2v) is 6.84. The van der Waals surface area contributed by atoms with Crippen molar-refractivity contribution in [2.24, 2.45) is 0 Å². The molecule has 1 aromatic carbocycles. The van der Waals surface area contributed by atoms with E-state index in [1.165, 1.54) is 0 Å². The van der Waals surface area contributed by atoms with Crippen LogP contribution in [0.2, 0.25) is 0 Å². The van der Waals surface area contributed by atoms with Crippen molar-refractivity contribution >= 4 is 25.8 Å². The molecule has 0 heterocycles. The fourth-order valence-electron chi connectivity index (χ4n) is 1.51. The first kappa shape index (κ1) is 15.1. The molecule has 1 unspecified atom stereocenters. The number of benzene rings is 1. The first-order valence-electron chi connectivity index (χ1n) is 5.69. The summed E-state index contributed by atoms with van der Waals surface area (Å²) in [7, 11) is -1.72. The molecule has 5 heteroatoms. The summed E-state index contributed by atoms with van der Waals surface area (Å²) in [6.07, 6.45) is 1.31. The third kappa shape index (κ3) is 3.76. The van der Waals surface area contributed by atoms with E-state index in [9.17, 15) is 8.42 Å². The lowest BCUT2D eigenvalue weighted by Gasteiger charge is -2.11. The van der Waals surface area contributed by atoms with Gasteiger partial charge in [-0.05, 0) is 30.7 Å². The van der Waals surface area contributed by atoms with Gasteiger partial charge in [-0.3, -0.25) is 0 Å². The summed E-state index contributed by atoms with van der Waals surface area (Å²) < 4.78 is 25.6. The molecule has 0 bridgehead atoms. The van der Waals surface area contributed by atoms with Gasteiger partial charge in [0.25, 0.3) is 0 Å². The highest BCUT2D eigenvalue weighted by molar-refractivity contribution is 9.10. The molecule has 18 heavy (non-hydrogen) atoms. The molecule has 3 nitrogen and oxygen atoms in total. The first-order valence-corrected chi connectivity index (χ1v) is 8.03. The molecule has 0 spiro atoms. The maximum atomic E-state index is 12.4. The highest BCUT2D eigenvalue weighted by Gasteiger charge is 2.24. The highest BCUT2D eigenvalue weighted by atomic mass is 79.9. The molecule has 0 aliphatic rings. The van der Waals surface area contributed by atoms with Gasteiger partial charge in [-0.1, -0.05) is 35.2 Å². The maximum absolute atomic E-state index is 12.4. The molecular formula is C13H16BrNO2S. The number of sulfone groups is 1. The van der Waals surface area contributed by atoms with Crippen molar-refractivity contribution in [1.82, 2.24) is 5.32 Å². The lowest BCUT2D eigenvalue weighted by Crippen LogP contribution is -2.20. The number of rotatable bonds is 4. The maximum Gasteiger partial charge on any atom is 0.192 e. The topological polar surface area (TPSA) is 46.2 Å². The summed E-state index contributed by atoms with van der Waals surface area (Å²) in [5.41, 5.74) is 0. The van der Waals surface area contributed by atoms with E-state index in [2.05, 4.69) is 33.2 Å². The highest BCUT2D eigenvalue weighted by Crippen LogP contribution is 2.21. The summed E-state index contributed by atoms with van der Waals surface area (Å²) in [6.45, 7) is 1.95. The predicted octanol–water partition coefficient (Wildman–Crippen LogP) is 2.57. The smallest absolute Gasteiger partial charge is 0.192 e. The summed E-state index contributed by atoms with van der Waals surface area (Å²) in [4.78, 5) is 0.314. The third-order valence-electron chi connectivity index (χ3n) is 2.43. The van der Waals surface area contributed by atoms with Crippen LogP contribution in [0.25, 0.3) is 0 Å². The Bertz CT molecular complexity index is 541. The zero-order chi connectivity index (χ0) is 13.6. The first-order chi connectivity index (χ1) is 8.52. The Morgan fingerprint density at radius 2 is 1.94 bits per heavy atom. The van der Waals surface area contributed by atoms with Crippen LogP contribution in [-0.2, 0) is 9.84 Å². The van der Waals surface area contributed by atoms with Gasteiger partial charge in [0, 0.05) is 17.6 Å². The van der Waals surface area contributed by atoms with Gasteiger partial charge in [-0.2, -0.15) is 0 Å². The van der Waals surface area contributed by atoms with E-state index in [1.54, 1.807) is 31.3 Å². The van der Waals surface area contributed by atoms with Gasteiger partial charge in [0.1, 0.15) is 5.25 Å². The van der Waals surface area contributed by atoms with Gasteiger partial charge in [0.05, 0.1) is 4.90 Å². The van der Waals surface area contributed by atoms with Crippen LogP contribution in [0.3, 0.4) is 0 Å². The molecule has 98 valence electrons. The SMILES string of the molecule is CCCC(C#CNC)S(=O)(=O)c1ccc(Br)cc1. The van der Waals surface area contributed by atoms with E-state index in [0.29, 0.717) is 11.3 Å². The van der Waals surface area contributed by atoms with Gasteiger partial charge >= 0.3 is 0 Å². The zero-order valence-corrected chi connectivity index (χ0v) is 12.8. The monoisotopic (exact) mass is 329 g/mol. The van der Waals surface area contributed by atoms with Crippen LogP contribution in [0.15, 0.2) is 33.6 Å². The minimum Gasteiger partial charge on any atom is -0.349 e. The second kappa shape index (κ2) is 6.81. The lowest BCUT2D eigenvalue weighted by atomic mass is 10.2. The largest absolute Gasteiger partial charge is 0.349 e. The normalized spacial score (nSPS) is 12.4. The molecule has 0 aliphatic carbocycles. The van der Waals surface area contributed by atoms with Crippen molar-refractivity contribution in [2.75, 3.05) is 7.05 Å². The van der Waals surface area contributed by atoms with E-state index >= 15 is 0 Å². The van der Waals surface area contributed by atoms with Crippen molar-refractivity contribution in [2.45, 2.75) is 29.9 Å². The Hall–Kier alpha value is -0.990. The van der Waals surface area contributed by atoms with Crippen LogP contribution in [0.5, 0.6) is 0 Å². The van der Waals surface area contributed by atoms with Crippen LogP contribution < -0.4 is 5.32 Å². The summed E-state index contributed by atoms with van der Waals surface area (Å²) in [5, 5.41) is 2.00. The number of hydrogen-bond donors (Lipinski definition) is 1. The Balaban J connectivity index is 3.12. The van der Waals surface area contributed by atoms with E-state index in [4.69, 9.17) is 0 Å². The summed E-state index contributed by atoms with van der Waals surface area (Å²) in [5.74, 6) is 2.76. The Labute approximate surface area is 117 Å². The molecule has 1 N–H and O–H groups in total. The van der Waals surface area contributed by atoms with Gasteiger partial charge in [0.2, 0.25) is 0 Å². The minimum absolute atomic E-state index is 0.314. The molecule has 0 fully saturated rings. The molecular weight excluding hydrogens is 314 g/mol. The molecule has 0 amide bonds. The zero-order valence-electron chi connectivity index (χ0n) is 10.4. The van der Waals surface area contributed by atoms with Crippen molar-refractivity contribution in [1.29, 1.82) is 0 Å². The predicted molar refractivity (Wildman–Crippen MR) is 76.9 cm³/mol. The van der Waals surface area contributed by atoms with Gasteiger partial charge in [0.15, 0.2) is 9.84 Å². The minimum atomic E-state index is -3.39. The van der Waals surface area contributed by atoms with Crippen LogP contribution >= 0.6 is 15.9 Å². The Morgan fingerprint density at radius 3 is 2.44 bits per heavy atom. The van der Waals surface area contributed by atoms with Gasteiger partial charge in [-0.25, -0.2) is 8.42 Å². The van der Waals surface area contributed by atoms with E-state index in [-0.39, 0.29) is 0 Å². The molecule has 0 aliphatic heterocycles. The standard InChI is InChI=1S/C13H16BrNO2S/c1-3-4-12(9-10-15-2)18(16,17)13-7-5-11(14)6-8-13/h5-8,12,15H,3-4H2,1-2H3. The lowest BCUT2D eigenvalue weighted by molar-refractivity contribution is 0.584. The van der Waals surface area contributed by atoms with Gasteiger partial charge < -0.3 is 5.32 Å². The molecule has 0 radical (unpaired) electrons. The molecule has 0 saturated heterocycles. The fraction of sp³-hybridized carbons (Fsp3) is 0.385. The van der Waals surface area contributed by atoms with Crippen LogP contribution in [0.1, 0.15) is 19.8 Å². The van der Waals surface area contributed by atoms with Crippen molar-refractivity contribution < 1.29 is 8.42 Å². The second-order valence-electron chi connectivity index (χ2n) is 3.80. The fourth-order valence-corrected chi connectivity index (χ4v) is 3.38. The van der Waals surface area contributed by atoms with E-state index < -0.39 is 15.1 Å². The van der Waals surface area contributed by atoms with Gasteiger partial charge in [-0.15, -0.1) is 0 Å². The van der Waals surface area contributed by atoms with E-state index in [0.717, 1.165) is 10.9 Å². The number of hydrogen-bond acceptors (Lipinski definition) is 3. The van der Waals surface area contributed by atoms with Crippen molar-refractivity contribution in [3.05, 3.63) is 28.7 Å². The number of nitrogens with one attached hydrogen (secondary N) is 1. The Morgan fingerprint density at radius 1 is 1.33 bits per heavy atom. The van der Waals surface area contributed by atoms with E-state index in [1.807, 2.05) is 6.92 Å². The molecule has 1 aromatic rings. The molecule has 1 rings (SSSR count). The van der Waals surface area contributed by atoms with Crippen molar-refractivity contribution in [3.63, 3.8) is 0 Å². The summed E-state index contributed by atoms with van der Waals surface area (Å²) in [6, 6.07) is 9.28. The average molecular weight is 330 g/mol. The molecule has 0 aromatic heterocycles. The third-order valence-corrected chi connectivity index (χ3v) is 4.99. The average Bonchev–Trinajstić information content (AvgIpc) is 2.35. The quantitative estimate of drug-likeness (QED) is 0.682. The van der Waals surface area contributed by atoms with Crippen LogP contribution in [0, 0.1) is 12.0 Å². The number of halogens is 1. The molecule has 0 saturated carbocycles. The van der Waals surface area contributed by atoms with Crippen molar-refractivity contribution in [3.8, 4) is 12.0 Å². The summed E-state index contributed by atoms with van der Waals surface area (Å²) >= 11 is 3.29. The Kier molecular flexibility index (Phi) is 5.70. The van der Waals surface area contributed by atoms with Crippen LogP contribution in [-0.4, -0.2) is 20.7 Å². The van der Waals surface area contributed by atoms with Crippen LogP contribution in [0.4, 0.5) is 0 Å².